The van der Waals surface area contributed by atoms with Gasteiger partial charge in [0.1, 0.15) is 0 Å². The summed E-state index contributed by atoms with van der Waals surface area (Å²) in [7, 11) is 2.35. The van der Waals surface area contributed by atoms with Gasteiger partial charge in [-0.15, -0.1) is 0 Å². The zero-order valence-electron chi connectivity index (χ0n) is 13.5. The van der Waals surface area contributed by atoms with E-state index in [2.05, 4.69) is 39.6 Å². The van der Waals surface area contributed by atoms with E-state index in [0.717, 1.165) is 12.0 Å². The van der Waals surface area contributed by atoms with Crippen molar-refractivity contribution in [2.75, 3.05) is 13.6 Å². The van der Waals surface area contributed by atoms with Gasteiger partial charge in [0, 0.05) is 6.04 Å². The van der Waals surface area contributed by atoms with Crippen molar-refractivity contribution in [3.8, 4) is 0 Å². The molecule has 0 radical (unpaired) electrons. The lowest BCUT2D eigenvalue weighted by Crippen LogP contribution is -2.37. The van der Waals surface area contributed by atoms with Crippen LogP contribution in [0, 0.1) is 11.3 Å². The largest absolute Gasteiger partial charge is 0.303 e. The Morgan fingerprint density at radius 1 is 1.28 bits per heavy atom. The van der Waals surface area contributed by atoms with Crippen LogP contribution in [0.2, 0.25) is 0 Å². The fourth-order valence-corrected chi connectivity index (χ4v) is 3.73. The summed E-state index contributed by atoms with van der Waals surface area (Å²) in [6, 6.07) is 0.853. The average Bonchev–Trinajstić information content (AvgIpc) is 2.71. The molecule has 1 aliphatic heterocycles. The van der Waals surface area contributed by atoms with E-state index in [1.54, 1.807) is 0 Å². The molecule has 18 heavy (non-hydrogen) atoms. The second-order valence-electron chi connectivity index (χ2n) is 6.66. The van der Waals surface area contributed by atoms with Gasteiger partial charge in [0.05, 0.1) is 0 Å². The normalized spacial score (nSPS) is 30.8. The number of nitrogens with zero attached hydrogens (tertiary/aromatic N) is 1. The summed E-state index contributed by atoms with van der Waals surface area (Å²) in [4.78, 5) is 2.65. The van der Waals surface area contributed by atoms with Gasteiger partial charge in [0.15, 0.2) is 0 Å². The van der Waals surface area contributed by atoms with Crippen LogP contribution >= 0.6 is 0 Å². The summed E-state index contributed by atoms with van der Waals surface area (Å²) < 4.78 is 0. The highest BCUT2D eigenvalue weighted by Crippen LogP contribution is 2.45. The molecule has 3 unspecified atom stereocenters. The van der Waals surface area contributed by atoms with E-state index >= 15 is 0 Å². The quantitative estimate of drug-likeness (QED) is 0.581. The Labute approximate surface area is 115 Å². The minimum Gasteiger partial charge on any atom is -0.303 e. The van der Waals surface area contributed by atoms with Crippen LogP contribution in [0.1, 0.15) is 79.1 Å². The van der Waals surface area contributed by atoms with Crippen LogP contribution in [0.15, 0.2) is 0 Å². The Morgan fingerprint density at radius 3 is 2.56 bits per heavy atom. The third-order valence-corrected chi connectivity index (χ3v) is 5.57. The molecule has 1 fully saturated rings. The lowest BCUT2D eigenvalue weighted by Gasteiger charge is -2.37. The number of rotatable bonds is 8. The van der Waals surface area contributed by atoms with Crippen LogP contribution < -0.4 is 0 Å². The van der Waals surface area contributed by atoms with Gasteiger partial charge in [-0.05, 0) is 50.6 Å². The van der Waals surface area contributed by atoms with Gasteiger partial charge in [-0.1, -0.05) is 53.4 Å². The van der Waals surface area contributed by atoms with Crippen molar-refractivity contribution >= 4 is 0 Å². The first-order valence-electron chi connectivity index (χ1n) is 8.29. The van der Waals surface area contributed by atoms with Crippen molar-refractivity contribution in [1.82, 2.24) is 4.90 Å². The zero-order chi connectivity index (χ0) is 13.6. The molecule has 0 aromatic carbocycles. The predicted molar refractivity (Wildman–Crippen MR) is 82.0 cm³/mol. The summed E-state index contributed by atoms with van der Waals surface area (Å²) in [5, 5.41) is 0. The molecule has 0 aliphatic carbocycles. The van der Waals surface area contributed by atoms with Gasteiger partial charge in [0.2, 0.25) is 0 Å². The topological polar surface area (TPSA) is 3.24 Å². The molecular formula is C17H35N. The highest BCUT2D eigenvalue weighted by Gasteiger charge is 2.43. The van der Waals surface area contributed by atoms with E-state index in [1.807, 2.05) is 0 Å². The van der Waals surface area contributed by atoms with E-state index in [9.17, 15) is 0 Å². The molecule has 3 atom stereocenters. The molecule has 0 spiro atoms. The maximum absolute atomic E-state index is 2.65. The zero-order valence-corrected chi connectivity index (χ0v) is 13.5. The summed E-state index contributed by atoms with van der Waals surface area (Å²) in [6.07, 6.45) is 11.2. The number of likely N-dealkylation sites (tertiary alicyclic amines) is 1. The maximum atomic E-state index is 2.65. The Balaban J connectivity index is 2.64. The monoisotopic (exact) mass is 253 g/mol. The van der Waals surface area contributed by atoms with E-state index in [1.165, 1.54) is 57.9 Å². The SMILES string of the molecule is CCCCC1N(C)CCC1(CC)CCC(C)CC. The van der Waals surface area contributed by atoms with Crippen molar-refractivity contribution in [1.29, 1.82) is 0 Å². The molecule has 108 valence electrons. The van der Waals surface area contributed by atoms with E-state index in [4.69, 9.17) is 0 Å². The minimum absolute atomic E-state index is 0.632. The van der Waals surface area contributed by atoms with Crippen molar-refractivity contribution in [3.63, 3.8) is 0 Å². The van der Waals surface area contributed by atoms with E-state index in [-0.39, 0.29) is 0 Å². The lowest BCUT2D eigenvalue weighted by molar-refractivity contribution is 0.134. The summed E-state index contributed by atoms with van der Waals surface area (Å²) in [5.41, 5.74) is 0.632. The van der Waals surface area contributed by atoms with Crippen molar-refractivity contribution in [2.45, 2.75) is 85.1 Å². The molecule has 1 heteroatoms. The van der Waals surface area contributed by atoms with Crippen LogP contribution in [0.3, 0.4) is 0 Å². The van der Waals surface area contributed by atoms with Crippen molar-refractivity contribution in [2.24, 2.45) is 11.3 Å². The lowest BCUT2D eigenvalue weighted by atomic mass is 9.71. The summed E-state index contributed by atoms with van der Waals surface area (Å²) in [5.74, 6) is 0.908. The number of hydrogen-bond donors (Lipinski definition) is 0. The Kier molecular flexibility index (Phi) is 6.70. The molecular weight excluding hydrogens is 218 g/mol. The molecule has 0 saturated carbocycles. The van der Waals surface area contributed by atoms with E-state index in [0.29, 0.717) is 5.41 Å². The Morgan fingerprint density at radius 2 is 2.00 bits per heavy atom. The van der Waals surface area contributed by atoms with Crippen molar-refractivity contribution < 1.29 is 0 Å². The average molecular weight is 253 g/mol. The first-order chi connectivity index (χ1) is 8.59. The maximum Gasteiger partial charge on any atom is 0.0149 e. The summed E-state index contributed by atoms with van der Waals surface area (Å²) >= 11 is 0. The van der Waals surface area contributed by atoms with Crippen LogP contribution in [-0.4, -0.2) is 24.5 Å². The highest BCUT2D eigenvalue weighted by atomic mass is 15.2. The van der Waals surface area contributed by atoms with Gasteiger partial charge in [-0.2, -0.15) is 0 Å². The standard InChI is InChI=1S/C17H35N/c1-6-9-10-16-17(8-3,13-14-18(16)5)12-11-15(4)7-2/h15-16H,6-14H2,1-5H3. The molecule has 1 nitrogen and oxygen atoms in total. The van der Waals surface area contributed by atoms with Crippen molar-refractivity contribution in [3.05, 3.63) is 0 Å². The molecule has 0 amide bonds. The van der Waals surface area contributed by atoms with Gasteiger partial charge >= 0.3 is 0 Å². The first kappa shape index (κ1) is 16.0. The molecule has 0 aromatic heterocycles. The van der Waals surface area contributed by atoms with Gasteiger partial charge in [-0.25, -0.2) is 0 Å². The van der Waals surface area contributed by atoms with Crippen LogP contribution in [0.4, 0.5) is 0 Å². The molecule has 0 bridgehead atoms. The third-order valence-electron chi connectivity index (χ3n) is 5.57. The number of unbranched alkanes of at least 4 members (excludes halogenated alkanes) is 1. The van der Waals surface area contributed by atoms with Gasteiger partial charge in [0.25, 0.3) is 0 Å². The highest BCUT2D eigenvalue weighted by molar-refractivity contribution is 4.97. The fourth-order valence-electron chi connectivity index (χ4n) is 3.73. The molecule has 1 heterocycles. The second kappa shape index (κ2) is 7.53. The van der Waals surface area contributed by atoms with E-state index < -0.39 is 0 Å². The molecule has 1 aliphatic rings. The predicted octanol–water partition coefficient (Wildman–Crippen LogP) is 5.10. The Hall–Kier alpha value is -0.0400. The van der Waals surface area contributed by atoms with Gasteiger partial charge < -0.3 is 4.90 Å². The fraction of sp³-hybridized carbons (Fsp3) is 1.00. The van der Waals surface area contributed by atoms with Gasteiger partial charge in [-0.3, -0.25) is 0 Å². The third kappa shape index (κ3) is 3.73. The smallest absolute Gasteiger partial charge is 0.0149 e. The molecule has 1 rings (SSSR count). The minimum atomic E-state index is 0.632. The second-order valence-corrected chi connectivity index (χ2v) is 6.66. The van der Waals surface area contributed by atoms with Crippen LogP contribution in [-0.2, 0) is 0 Å². The Bertz CT molecular complexity index is 226. The number of hydrogen-bond acceptors (Lipinski definition) is 1. The van der Waals surface area contributed by atoms with Crippen LogP contribution in [0.5, 0.6) is 0 Å². The summed E-state index contributed by atoms with van der Waals surface area (Å²) in [6.45, 7) is 10.8. The molecule has 0 aromatic rings. The molecule has 0 N–H and O–H groups in total. The molecule has 1 saturated heterocycles. The van der Waals surface area contributed by atoms with Crippen LogP contribution in [0.25, 0.3) is 0 Å². The first-order valence-corrected chi connectivity index (χ1v) is 8.29.